The van der Waals surface area contributed by atoms with E-state index in [0.29, 0.717) is 0 Å². The zero-order chi connectivity index (χ0) is 13.5. The van der Waals surface area contributed by atoms with Crippen molar-refractivity contribution in [1.82, 2.24) is 4.90 Å². The normalized spacial score (nSPS) is 17.0. The Labute approximate surface area is 119 Å². The summed E-state index contributed by atoms with van der Waals surface area (Å²) in [5.41, 5.74) is 3.03. The highest BCUT2D eigenvalue weighted by molar-refractivity contribution is 5.25. The molecule has 1 saturated carbocycles. The van der Waals surface area contributed by atoms with E-state index in [-0.39, 0.29) is 0 Å². The summed E-state index contributed by atoms with van der Waals surface area (Å²) in [5, 5.41) is 0. The Kier molecular flexibility index (Phi) is 5.91. The Morgan fingerprint density at radius 2 is 1.74 bits per heavy atom. The first-order valence-electron chi connectivity index (χ1n) is 8.07. The van der Waals surface area contributed by atoms with Crippen LogP contribution in [0.25, 0.3) is 0 Å². The summed E-state index contributed by atoms with van der Waals surface area (Å²) in [6, 6.07) is 9.43. The van der Waals surface area contributed by atoms with Crippen molar-refractivity contribution < 1.29 is 0 Å². The van der Waals surface area contributed by atoms with E-state index in [1.54, 1.807) is 5.56 Å². The molecule has 0 atom stereocenters. The maximum Gasteiger partial charge on any atom is 0.0230 e. The molecular weight excluding hydrogens is 230 g/mol. The van der Waals surface area contributed by atoms with Crippen LogP contribution in [0, 0.1) is 0 Å². The van der Waals surface area contributed by atoms with Gasteiger partial charge in [-0.05, 0) is 49.9 Å². The van der Waals surface area contributed by atoms with Crippen LogP contribution in [0.3, 0.4) is 0 Å². The number of nitrogens with zero attached hydrogens (tertiary/aromatic N) is 1. The number of benzene rings is 1. The molecule has 0 aliphatic heterocycles. The van der Waals surface area contributed by atoms with Crippen molar-refractivity contribution in [3.63, 3.8) is 0 Å². The van der Waals surface area contributed by atoms with Gasteiger partial charge in [0.1, 0.15) is 0 Å². The van der Waals surface area contributed by atoms with Gasteiger partial charge in [-0.25, -0.2) is 0 Å². The van der Waals surface area contributed by atoms with E-state index in [0.717, 1.165) is 12.5 Å². The smallest absolute Gasteiger partial charge is 0.0230 e. The summed E-state index contributed by atoms with van der Waals surface area (Å²) in [6.45, 7) is 4.55. The molecule has 1 fully saturated rings. The molecule has 2 rings (SSSR count). The summed E-state index contributed by atoms with van der Waals surface area (Å²) < 4.78 is 0. The highest BCUT2D eigenvalue weighted by Crippen LogP contribution is 2.32. The van der Waals surface area contributed by atoms with E-state index < -0.39 is 0 Å². The van der Waals surface area contributed by atoms with Gasteiger partial charge >= 0.3 is 0 Å². The van der Waals surface area contributed by atoms with Crippen molar-refractivity contribution in [2.75, 3.05) is 13.6 Å². The topological polar surface area (TPSA) is 3.24 Å². The second-order valence-corrected chi connectivity index (χ2v) is 6.17. The van der Waals surface area contributed by atoms with Gasteiger partial charge in [-0.2, -0.15) is 0 Å². The largest absolute Gasteiger partial charge is 0.302 e. The van der Waals surface area contributed by atoms with Crippen LogP contribution in [0.2, 0.25) is 0 Å². The van der Waals surface area contributed by atoms with Crippen LogP contribution in [0.1, 0.15) is 68.9 Å². The summed E-state index contributed by atoms with van der Waals surface area (Å²) >= 11 is 0. The molecule has 106 valence electrons. The molecule has 0 unspecified atom stereocenters. The zero-order valence-electron chi connectivity index (χ0n) is 12.7. The third-order valence-electron chi connectivity index (χ3n) is 4.40. The summed E-state index contributed by atoms with van der Waals surface area (Å²) in [6.07, 6.45) is 9.67. The van der Waals surface area contributed by atoms with Gasteiger partial charge in [0.25, 0.3) is 0 Å². The Balaban J connectivity index is 1.86. The quantitative estimate of drug-likeness (QED) is 0.697. The van der Waals surface area contributed by atoms with Gasteiger partial charge in [-0.3, -0.25) is 0 Å². The fourth-order valence-electron chi connectivity index (χ4n) is 3.15. The monoisotopic (exact) mass is 259 g/mol. The van der Waals surface area contributed by atoms with Crippen LogP contribution in [0.4, 0.5) is 0 Å². The van der Waals surface area contributed by atoms with Gasteiger partial charge < -0.3 is 4.90 Å². The van der Waals surface area contributed by atoms with E-state index in [2.05, 4.69) is 43.1 Å². The van der Waals surface area contributed by atoms with E-state index in [1.807, 2.05) is 0 Å². The molecule has 1 aromatic carbocycles. The van der Waals surface area contributed by atoms with E-state index >= 15 is 0 Å². The third-order valence-corrected chi connectivity index (χ3v) is 4.40. The molecule has 1 aromatic rings. The summed E-state index contributed by atoms with van der Waals surface area (Å²) in [7, 11) is 2.23. The molecule has 0 saturated heterocycles. The van der Waals surface area contributed by atoms with Crippen molar-refractivity contribution in [1.29, 1.82) is 0 Å². The fourth-order valence-corrected chi connectivity index (χ4v) is 3.15. The SMILES string of the molecule is CCCCN(C)Cc1ccc(C2CCCCC2)cc1. The van der Waals surface area contributed by atoms with Gasteiger partial charge in [0.15, 0.2) is 0 Å². The number of hydrogen-bond donors (Lipinski definition) is 0. The van der Waals surface area contributed by atoms with E-state index in [1.165, 1.54) is 57.1 Å². The maximum atomic E-state index is 2.43. The molecule has 0 spiro atoms. The van der Waals surface area contributed by atoms with Gasteiger partial charge in [0.2, 0.25) is 0 Å². The predicted octanol–water partition coefficient (Wildman–Crippen LogP) is 4.97. The first-order chi connectivity index (χ1) is 9.29. The summed E-state index contributed by atoms with van der Waals surface area (Å²) in [4.78, 5) is 2.43. The Morgan fingerprint density at radius 1 is 1.05 bits per heavy atom. The highest BCUT2D eigenvalue weighted by Gasteiger charge is 2.15. The van der Waals surface area contributed by atoms with Crippen LogP contribution >= 0.6 is 0 Å². The summed E-state index contributed by atoms with van der Waals surface area (Å²) in [5.74, 6) is 0.834. The standard InChI is InChI=1S/C18H29N/c1-3-4-14-19(2)15-16-10-12-18(13-11-16)17-8-6-5-7-9-17/h10-13,17H,3-9,14-15H2,1-2H3. The van der Waals surface area contributed by atoms with Gasteiger partial charge in [0, 0.05) is 6.54 Å². The number of rotatable bonds is 6. The van der Waals surface area contributed by atoms with Crippen molar-refractivity contribution >= 4 is 0 Å². The minimum atomic E-state index is 0.834. The van der Waals surface area contributed by atoms with Crippen molar-refractivity contribution in [2.45, 2.75) is 64.3 Å². The van der Waals surface area contributed by atoms with Gasteiger partial charge in [-0.15, -0.1) is 0 Å². The number of hydrogen-bond acceptors (Lipinski definition) is 1. The second-order valence-electron chi connectivity index (χ2n) is 6.17. The van der Waals surface area contributed by atoms with Crippen LogP contribution in [0.15, 0.2) is 24.3 Å². The molecule has 0 aromatic heterocycles. The second kappa shape index (κ2) is 7.69. The molecule has 0 bridgehead atoms. The predicted molar refractivity (Wildman–Crippen MR) is 83.5 cm³/mol. The van der Waals surface area contributed by atoms with Crippen molar-refractivity contribution in [2.24, 2.45) is 0 Å². The van der Waals surface area contributed by atoms with Crippen molar-refractivity contribution in [3.05, 3.63) is 35.4 Å². The maximum absolute atomic E-state index is 2.43. The molecule has 1 aliphatic carbocycles. The van der Waals surface area contributed by atoms with Gasteiger partial charge in [0.05, 0.1) is 0 Å². The molecular formula is C18H29N. The molecule has 19 heavy (non-hydrogen) atoms. The minimum Gasteiger partial charge on any atom is -0.302 e. The minimum absolute atomic E-state index is 0.834. The van der Waals surface area contributed by atoms with Crippen LogP contribution < -0.4 is 0 Å². The van der Waals surface area contributed by atoms with Gasteiger partial charge in [-0.1, -0.05) is 56.9 Å². The third kappa shape index (κ3) is 4.65. The van der Waals surface area contributed by atoms with E-state index in [9.17, 15) is 0 Å². The Morgan fingerprint density at radius 3 is 2.37 bits per heavy atom. The molecule has 0 amide bonds. The highest BCUT2D eigenvalue weighted by atomic mass is 15.1. The zero-order valence-corrected chi connectivity index (χ0v) is 12.7. The Hall–Kier alpha value is -0.820. The van der Waals surface area contributed by atoms with E-state index in [4.69, 9.17) is 0 Å². The van der Waals surface area contributed by atoms with Crippen LogP contribution in [-0.2, 0) is 6.54 Å². The van der Waals surface area contributed by atoms with Crippen LogP contribution in [0.5, 0.6) is 0 Å². The lowest BCUT2D eigenvalue weighted by Gasteiger charge is -2.22. The molecule has 0 radical (unpaired) electrons. The number of unbranched alkanes of at least 4 members (excludes halogenated alkanes) is 1. The lowest BCUT2D eigenvalue weighted by Crippen LogP contribution is -2.18. The van der Waals surface area contributed by atoms with Crippen LogP contribution in [-0.4, -0.2) is 18.5 Å². The average molecular weight is 259 g/mol. The molecule has 0 N–H and O–H groups in total. The lowest BCUT2D eigenvalue weighted by molar-refractivity contribution is 0.321. The lowest BCUT2D eigenvalue weighted by atomic mass is 9.84. The first kappa shape index (κ1) is 14.6. The fraction of sp³-hybridized carbons (Fsp3) is 0.667. The molecule has 1 nitrogen and oxygen atoms in total. The Bertz CT molecular complexity index is 348. The molecule has 1 heteroatoms. The first-order valence-corrected chi connectivity index (χ1v) is 8.07. The molecule has 0 heterocycles. The average Bonchev–Trinajstić information content (AvgIpc) is 2.47. The van der Waals surface area contributed by atoms with Crippen molar-refractivity contribution in [3.8, 4) is 0 Å². The molecule has 1 aliphatic rings.